The van der Waals surface area contributed by atoms with E-state index in [-0.39, 0.29) is 12.2 Å². The lowest BCUT2D eigenvalue weighted by atomic mass is 10.0. The van der Waals surface area contributed by atoms with Gasteiger partial charge in [-0.3, -0.25) is 4.79 Å². The number of rotatable bonds is 2. The van der Waals surface area contributed by atoms with Gasteiger partial charge in [0.1, 0.15) is 0 Å². The van der Waals surface area contributed by atoms with Gasteiger partial charge in [0.25, 0.3) is 0 Å². The monoisotopic (exact) mass is 193 g/mol. The molecule has 0 saturated carbocycles. The number of Topliss-reactive ketones (excluding diaryl/α,β-unsaturated/α-hetero) is 1. The highest BCUT2D eigenvalue weighted by atomic mass is 35.5. The summed E-state index contributed by atoms with van der Waals surface area (Å²) in [4.78, 5) is 11.3. The van der Waals surface area contributed by atoms with Crippen molar-refractivity contribution in [3.8, 4) is 6.07 Å². The van der Waals surface area contributed by atoms with E-state index in [4.69, 9.17) is 16.9 Å². The Bertz CT molecular complexity index is 379. The molecule has 0 N–H and O–H groups in total. The number of halogens is 1. The lowest BCUT2D eigenvalue weighted by Gasteiger charge is -2.03. The van der Waals surface area contributed by atoms with Crippen LogP contribution < -0.4 is 0 Å². The average molecular weight is 194 g/mol. The molecule has 0 saturated heterocycles. The molecule has 13 heavy (non-hydrogen) atoms. The molecule has 2 nitrogen and oxygen atoms in total. The summed E-state index contributed by atoms with van der Waals surface area (Å²) in [6, 6.07) is 6.93. The van der Waals surface area contributed by atoms with Crippen molar-refractivity contribution in [3.63, 3.8) is 0 Å². The number of carbonyl (C=O) groups excluding carboxylic acids is 1. The molecule has 0 unspecified atom stereocenters. The Morgan fingerprint density at radius 3 is 2.92 bits per heavy atom. The SMILES string of the molecule is Cc1c(Cl)cccc1C(=O)CC#N. The molecule has 0 aliphatic heterocycles. The van der Waals surface area contributed by atoms with Gasteiger partial charge < -0.3 is 0 Å². The normalized spacial score (nSPS) is 9.31. The number of hydrogen-bond donors (Lipinski definition) is 0. The predicted octanol–water partition coefficient (Wildman–Crippen LogP) is 2.74. The molecule has 1 aromatic rings. The van der Waals surface area contributed by atoms with Gasteiger partial charge in [0, 0.05) is 10.6 Å². The van der Waals surface area contributed by atoms with E-state index in [0.29, 0.717) is 10.6 Å². The molecule has 1 aromatic carbocycles. The molecule has 0 amide bonds. The molecular formula is C10H8ClNO. The van der Waals surface area contributed by atoms with Crippen molar-refractivity contribution in [1.82, 2.24) is 0 Å². The van der Waals surface area contributed by atoms with E-state index in [1.54, 1.807) is 25.1 Å². The first-order valence-corrected chi connectivity index (χ1v) is 4.20. The van der Waals surface area contributed by atoms with Gasteiger partial charge in [-0.05, 0) is 18.6 Å². The van der Waals surface area contributed by atoms with Crippen molar-refractivity contribution < 1.29 is 4.79 Å². The first-order valence-electron chi connectivity index (χ1n) is 3.82. The lowest BCUT2D eigenvalue weighted by Crippen LogP contribution is -2.00. The summed E-state index contributed by atoms with van der Waals surface area (Å²) in [5.41, 5.74) is 1.28. The van der Waals surface area contributed by atoms with Gasteiger partial charge in [0.2, 0.25) is 0 Å². The van der Waals surface area contributed by atoms with E-state index in [2.05, 4.69) is 0 Å². The van der Waals surface area contributed by atoms with Gasteiger partial charge in [-0.2, -0.15) is 5.26 Å². The molecule has 0 spiro atoms. The summed E-state index contributed by atoms with van der Waals surface area (Å²) in [7, 11) is 0. The van der Waals surface area contributed by atoms with E-state index >= 15 is 0 Å². The Hall–Kier alpha value is -1.33. The van der Waals surface area contributed by atoms with Crippen LogP contribution in [0.4, 0.5) is 0 Å². The van der Waals surface area contributed by atoms with Crippen LogP contribution in [0.25, 0.3) is 0 Å². The van der Waals surface area contributed by atoms with Crippen LogP contribution >= 0.6 is 11.6 Å². The quantitative estimate of drug-likeness (QED) is 0.678. The largest absolute Gasteiger partial charge is 0.293 e. The molecule has 0 radical (unpaired) electrons. The number of hydrogen-bond acceptors (Lipinski definition) is 2. The molecule has 0 atom stereocenters. The molecule has 66 valence electrons. The minimum Gasteiger partial charge on any atom is -0.293 e. The van der Waals surface area contributed by atoms with Gasteiger partial charge in [-0.25, -0.2) is 0 Å². The minimum atomic E-state index is -0.178. The molecule has 3 heteroatoms. The van der Waals surface area contributed by atoms with E-state index in [1.165, 1.54) is 0 Å². The highest BCUT2D eigenvalue weighted by Gasteiger charge is 2.09. The molecule has 0 bridgehead atoms. The third kappa shape index (κ3) is 2.07. The molecule has 0 aromatic heterocycles. The Morgan fingerprint density at radius 2 is 2.31 bits per heavy atom. The van der Waals surface area contributed by atoms with Crippen molar-refractivity contribution >= 4 is 17.4 Å². The van der Waals surface area contributed by atoms with Gasteiger partial charge in [-0.1, -0.05) is 23.7 Å². The molecule has 0 aliphatic rings. The number of ketones is 1. The van der Waals surface area contributed by atoms with E-state index < -0.39 is 0 Å². The van der Waals surface area contributed by atoms with Crippen LogP contribution in [-0.2, 0) is 0 Å². The van der Waals surface area contributed by atoms with Crippen LogP contribution in [0.15, 0.2) is 18.2 Å². The molecule has 0 fully saturated rings. The maximum Gasteiger partial charge on any atom is 0.177 e. The standard InChI is InChI=1S/C10H8ClNO/c1-7-8(10(13)5-6-12)3-2-4-9(7)11/h2-4H,5H2,1H3. The number of nitriles is 1. The zero-order chi connectivity index (χ0) is 9.84. The second kappa shape index (κ2) is 4.06. The predicted molar refractivity (Wildman–Crippen MR) is 50.7 cm³/mol. The Kier molecular flexibility index (Phi) is 3.05. The lowest BCUT2D eigenvalue weighted by molar-refractivity contribution is 0.0997. The summed E-state index contributed by atoms with van der Waals surface area (Å²) in [6.45, 7) is 1.77. The summed E-state index contributed by atoms with van der Waals surface area (Å²) in [5, 5.41) is 8.91. The maximum atomic E-state index is 11.3. The van der Waals surface area contributed by atoms with Crippen LogP contribution in [0.5, 0.6) is 0 Å². The average Bonchev–Trinajstić information content (AvgIpc) is 2.10. The fourth-order valence-electron chi connectivity index (χ4n) is 1.08. The fraction of sp³-hybridized carbons (Fsp3) is 0.200. The van der Waals surface area contributed by atoms with Gasteiger partial charge in [-0.15, -0.1) is 0 Å². The van der Waals surface area contributed by atoms with E-state index in [9.17, 15) is 4.79 Å². The zero-order valence-corrected chi connectivity index (χ0v) is 7.93. The summed E-state index contributed by atoms with van der Waals surface area (Å²) in [5.74, 6) is -0.178. The van der Waals surface area contributed by atoms with Crippen molar-refractivity contribution in [2.75, 3.05) is 0 Å². The van der Waals surface area contributed by atoms with Crippen LogP contribution in [0.2, 0.25) is 5.02 Å². The van der Waals surface area contributed by atoms with Gasteiger partial charge in [0.05, 0.1) is 12.5 Å². The molecular weight excluding hydrogens is 186 g/mol. The van der Waals surface area contributed by atoms with E-state index in [1.807, 2.05) is 6.07 Å². The van der Waals surface area contributed by atoms with Gasteiger partial charge >= 0.3 is 0 Å². The van der Waals surface area contributed by atoms with Crippen molar-refractivity contribution in [1.29, 1.82) is 5.26 Å². The van der Waals surface area contributed by atoms with Crippen LogP contribution in [-0.4, -0.2) is 5.78 Å². The fourth-order valence-corrected chi connectivity index (χ4v) is 1.25. The Labute approximate surface area is 81.7 Å². The first kappa shape index (κ1) is 9.76. The first-order chi connectivity index (χ1) is 6.16. The zero-order valence-electron chi connectivity index (χ0n) is 7.17. The third-order valence-electron chi connectivity index (χ3n) is 1.81. The van der Waals surface area contributed by atoms with Crippen LogP contribution in [0, 0.1) is 18.3 Å². The second-order valence-electron chi connectivity index (χ2n) is 2.67. The topological polar surface area (TPSA) is 40.9 Å². The highest BCUT2D eigenvalue weighted by molar-refractivity contribution is 6.31. The summed E-state index contributed by atoms with van der Waals surface area (Å²) < 4.78 is 0. The number of benzene rings is 1. The number of nitrogens with zero attached hydrogens (tertiary/aromatic N) is 1. The highest BCUT2D eigenvalue weighted by Crippen LogP contribution is 2.19. The van der Waals surface area contributed by atoms with Crippen molar-refractivity contribution in [3.05, 3.63) is 34.3 Å². The number of carbonyl (C=O) groups is 1. The summed E-state index contributed by atoms with van der Waals surface area (Å²) >= 11 is 5.82. The minimum absolute atomic E-state index is 0.0960. The molecule has 1 rings (SSSR count). The van der Waals surface area contributed by atoms with Crippen molar-refractivity contribution in [2.45, 2.75) is 13.3 Å². The Morgan fingerprint density at radius 1 is 1.62 bits per heavy atom. The third-order valence-corrected chi connectivity index (χ3v) is 2.22. The second-order valence-corrected chi connectivity index (χ2v) is 3.08. The molecule has 0 heterocycles. The van der Waals surface area contributed by atoms with Crippen LogP contribution in [0.3, 0.4) is 0 Å². The maximum absolute atomic E-state index is 11.3. The summed E-state index contributed by atoms with van der Waals surface area (Å²) in [6.07, 6.45) is -0.0960. The molecule has 0 aliphatic carbocycles. The van der Waals surface area contributed by atoms with Gasteiger partial charge in [0.15, 0.2) is 5.78 Å². The smallest absolute Gasteiger partial charge is 0.177 e. The van der Waals surface area contributed by atoms with Crippen molar-refractivity contribution in [2.24, 2.45) is 0 Å². The van der Waals surface area contributed by atoms with Crippen LogP contribution in [0.1, 0.15) is 22.3 Å². The Balaban J connectivity index is 3.09. The van der Waals surface area contributed by atoms with E-state index in [0.717, 1.165) is 5.56 Å².